The number of carbonyl (C=O) groups excluding carboxylic acids is 1. The molecule has 5 nitrogen and oxygen atoms in total. The van der Waals surface area contributed by atoms with E-state index in [1.54, 1.807) is 0 Å². The third kappa shape index (κ3) is 4.15. The van der Waals surface area contributed by atoms with E-state index in [1.807, 2.05) is 29.2 Å². The number of benzene rings is 1. The molecule has 0 spiro atoms. The van der Waals surface area contributed by atoms with Gasteiger partial charge >= 0.3 is 0 Å². The van der Waals surface area contributed by atoms with Gasteiger partial charge in [0.25, 0.3) is 5.91 Å². The zero-order valence-electron chi connectivity index (χ0n) is 14.9. The van der Waals surface area contributed by atoms with Crippen molar-refractivity contribution in [2.45, 2.75) is 31.7 Å². The standard InChI is InChI=1S/C20H28N2O3/c23-20(18-3-1-2-4-19(18)25-15-16-5-6-16)22-11-9-21(10-12-22)17-7-13-24-14-8-17/h1-4,16-17H,5-15H2. The molecule has 0 bridgehead atoms. The molecule has 5 heteroatoms. The number of amides is 1. The van der Waals surface area contributed by atoms with Crippen molar-refractivity contribution >= 4 is 5.91 Å². The molecule has 3 fully saturated rings. The Labute approximate surface area is 149 Å². The predicted molar refractivity (Wildman–Crippen MR) is 96.0 cm³/mol. The van der Waals surface area contributed by atoms with E-state index in [0.717, 1.165) is 64.6 Å². The first kappa shape index (κ1) is 16.9. The quantitative estimate of drug-likeness (QED) is 0.823. The van der Waals surface area contributed by atoms with Gasteiger partial charge in [-0.1, -0.05) is 12.1 Å². The molecule has 1 aromatic carbocycles. The van der Waals surface area contributed by atoms with Crippen LogP contribution in [-0.2, 0) is 4.74 Å². The topological polar surface area (TPSA) is 42.0 Å². The van der Waals surface area contributed by atoms with E-state index in [0.29, 0.717) is 17.5 Å². The highest BCUT2D eigenvalue weighted by molar-refractivity contribution is 5.97. The van der Waals surface area contributed by atoms with Crippen LogP contribution < -0.4 is 4.74 Å². The number of para-hydroxylation sites is 1. The summed E-state index contributed by atoms with van der Waals surface area (Å²) < 4.78 is 11.4. The summed E-state index contributed by atoms with van der Waals surface area (Å²) in [5, 5.41) is 0. The van der Waals surface area contributed by atoms with Crippen molar-refractivity contribution in [1.82, 2.24) is 9.80 Å². The number of carbonyl (C=O) groups is 1. The molecular weight excluding hydrogens is 316 g/mol. The first-order chi connectivity index (χ1) is 12.3. The van der Waals surface area contributed by atoms with Crippen LogP contribution in [0.4, 0.5) is 0 Å². The van der Waals surface area contributed by atoms with Crippen molar-refractivity contribution in [3.05, 3.63) is 29.8 Å². The Kier molecular flexibility index (Phi) is 5.22. The molecule has 1 saturated carbocycles. The molecule has 0 radical (unpaired) electrons. The molecule has 0 unspecified atom stereocenters. The zero-order chi connectivity index (χ0) is 17.1. The lowest BCUT2D eigenvalue weighted by Crippen LogP contribution is -2.53. The van der Waals surface area contributed by atoms with Crippen molar-refractivity contribution in [1.29, 1.82) is 0 Å². The van der Waals surface area contributed by atoms with E-state index in [9.17, 15) is 4.79 Å². The van der Waals surface area contributed by atoms with Crippen LogP contribution in [0.1, 0.15) is 36.0 Å². The number of hydrogen-bond acceptors (Lipinski definition) is 4. The maximum absolute atomic E-state index is 13.0. The molecule has 3 aliphatic rings. The number of ether oxygens (including phenoxy) is 2. The Balaban J connectivity index is 1.35. The smallest absolute Gasteiger partial charge is 0.257 e. The maximum atomic E-state index is 13.0. The van der Waals surface area contributed by atoms with Crippen LogP contribution in [-0.4, -0.2) is 67.7 Å². The molecule has 2 saturated heterocycles. The molecule has 136 valence electrons. The Morgan fingerprint density at radius 3 is 2.48 bits per heavy atom. The molecule has 1 amide bonds. The minimum Gasteiger partial charge on any atom is -0.492 e. The van der Waals surface area contributed by atoms with E-state index < -0.39 is 0 Å². The first-order valence-corrected chi connectivity index (χ1v) is 9.64. The summed E-state index contributed by atoms with van der Waals surface area (Å²) in [7, 11) is 0. The fourth-order valence-corrected chi connectivity index (χ4v) is 3.77. The summed E-state index contributed by atoms with van der Waals surface area (Å²) in [5.74, 6) is 1.54. The molecule has 1 aromatic rings. The number of rotatable bonds is 5. The van der Waals surface area contributed by atoms with Gasteiger partial charge in [-0.2, -0.15) is 0 Å². The number of piperazine rings is 1. The molecule has 2 aliphatic heterocycles. The van der Waals surface area contributed by atoms with Gasteiger partial charge in [-0.05, 0) is 43.7 Å². The molecular formula is C20H28N2O3. The van der Waals surface area contributed by atoms with Crippen molar-refractivity contribution in [2.24, 2.45) is 5.92 Å². The minimum atomic E-state index is 0.109. The van der Waals surface area contributed by atoms with Gasteiger partial charge in [0.2, 0.25) is 0 Å². The lowest BCUT2D eigenvalue weighted by Gasteiger charge is -2.40. The zero-order valence-corrected chi connectivity index (χ0v) is 14.9. The second-order valence-electron chi connectivity index (χ2n) is 7.42. The lowest BCUT2D eigenvalue weighted by atomic mass is 10.1. The summed E-state index contributed by atoms with van der Waals surface area (Å²) in [4.78, 5) is 17.5. The van der Waals surface area contributed by atoms with Gasteiger partial charge in [0.1, 0.15) is 5.75 Å². The summed E-state index contributed by atoms with van der Waals surface area (Å²) in [6.45, 7) is 6.00. The monoisotopic (exact) mass is 344 g/mol. The summed E-state index contributed by atoms with van der Waals surface area (Å²) in [6, 6.07) is 8.32. The van der Waals surface area contributed by atoms with Crippen molar-refractivity contribution in [3.8, 4) is 5.75 Å². The molecule has 2 heterocycles. The van der Waals surface area contributed by atoms with Crippen LogP contribution >= 0.6 is 0 Å². The van der Waals surface area contributed by atoms with Crippen LogP contribution in [0.3, 0.4) is 0 Å². The van der Waals surface area contributed by atoms with Crippen molar-refractivity contribution < 1.29 is 14.3 Å². The molecule has 0 N–H and O–H groups in total. The van der Waals surface area contributed by atoms with Gasteiger partial charge < -0.3 is 14.4 Å². The first-order valence-electron chi connectivity index (χ1n) is 9.64. The predicted octanol–water partition coefficient (Wildman–Crippen LogP) is 2.41. The third-order valence-electron chi connectivity index (χ3n) is 5.60. The largest absolute Gasteiger partial charge is 0.492 e. The molecule has 0 aromatic heterocycles. The van der Waals surface area contributed by atoms with Gasteiger partial charge in [0.15, 0.2) is 0 Å². The van der Waals surface area contributed by atoms with Crippen LogP contribution in [0.15, 0.2) is 24.3 Å². The highest BCUT2D eigenvalue weighted by atomic mass is 16.5. The second-order valence-corrected chi connectivity index (χ2v) is 7.42. The van der Waals surface area contributed by atoms with E-state index >= 15 is 0 Å². The maximum Gasteiger partial charge on any atom is 0.257 e. The van der Waals surface area contributed by atoms with Crippen LogP contribution in [0.5, 0.6) is 5.75 Å². The fraction of sp³-hybridized carbons (Fsp3) is 0.650. The summed E-state index contributed by atoms with van der Waals surface area (Å²) in [6.07, 6.45) is 4.74. The molecule has 4 rings (SSSR count). The number of nitrogens with zero attached hydrogens (tertiary/aromatic N) is 2. The normalized spacial score (nSPS) is 22.8. The van der Waals surface area contributed by atoms with Gasteiger partial charge in [0.05, 0.1) is 12.2 Å². The molecule has 0 atom stereocenters. The fourth-order valence-electron chi connectivity index (χ4n) is 3.77. The summed E-state index contributed by atoms with van der Waals surface area (Å²) in [5.41, 5.74) is 0.711. The average molecular weight is 344 g/mol. The highest BCUT2D eigenvalue weighted by Crippen LogP contribution is 2.30. The van der Waals surface area contributed by atoms with Crippen molar-refractivity contribution in [3.63, 3.8) is 0 Å². The second kappa shape index (κ2) is 7.75. The van der Waals surface area contributed by atoms with Gasteiger partial charge in [-0.3, -0.25) is 9.69 Å². The van der Waals surface area contributed by atoms with Gasteiger partial charge in [0, 0.05) is 45.4 Å². The van der Waals surface area contributed by atoms with Gasteiger partial charge in [-0.25, -0.2) is 0 Å². The lowest BCUT2D eigenvalue weighted by molar-refractivity contribution is 0.0136. The third-order valence-corrected chi connectivity index (χ3v) is 5.60. The highest BCUT2D eigenvalue weighted by Gasteiger charge is 2.29. The number of hydrogen-bond donors (Lipinski definition) is 0. The van der Waals surface area contributed by atoms with E-state index in [4.69, 9.17) is 9.47 Å². The Morgan fingerprint density at radius 2 is 1.76 bits per heavy atom. The molecule has 25 heavy (non-hydrogen) atoms. The van der Waals surface area contributed by atoms with E-state index in [1.165, 1.54) is 12.8 Å². The average Bonchev–Trinajstić information content (AvgIpc) is 3.51. The Hall–Kier alpha value is -1.59. The Bertz CT molecular complexity index is 588. The molecule has 1 aliphatic carbocycles. The van der Waals surface area contributed by atoms with E-state index in [-0.39, 0.29) is 5.91 Å². The van der Waals surface area contributed by atoms with Crippen molar-refractivity contribution in [2.75, 3.05) is 46.0 Å². The van der Waals surface area contributed by atoms with Crippen LogP contribution in [0.2, 0.25) is 0 Å². The summed E-state index contributed by atoms with van der Waals surface area (Å²) >= 11 is 0. The van der Waals surface area contributed by atoms with Crippen LogP contribution in [0.25, 0.3) is 0 Å². The van der Waals surface area contributed by atoms with Gasteiger partial charge in [-0.15, -0.1) is 0 Å². The Morgan fingerprint density at radius 1 is 1.04 bits per heavy atom. The minimum absolute atomic E-state index is 0.109. The van der Waals surface area contributed by atoms with E-state index in [2.05, 4.69) is 4.90 Å². The van der Waals surface area contributed by atoms with Crippen LogP contribution in [0, 0.1) is 5.92 Å². The SMILES string of the molecule is O=C(c1ccccc1OCC1CC1)N1CCN(C2CCOCC2)CC1.